The molecule has 0 spiro atoms. The van der Waals surface area contributed by atoms with Crippen LogP contribution < -0.4 is 4.74 Å². The Bertz CT molecular complexity index is 710. The number of carbonyl (C=O) groups excluding carboxylic acids is 1. The van der Waals surface area contributed by atoms with Crippen LogP contribution in [0.15, 0.2) is 48.5 Å². The van der Waals surface area contributed by atoms with Crippen LogP contribution in [0.1, 0.15) is 11.1 Å². The van der Waals surface area contributed by atoms with Crippen LogP contribution in [0.2, 0.25) is 0 Å². The molecule has 1 heterocycles. The summed E-state index contributed by atoms with van der Waals surface area (Å²) in [6.07, 6.45) is 0.260. The van der Waals surface area contributed by atoms with E-state index in [1.807, 2.05) is 17.0 Å². The van der Waals surface area contributed by atoms with Crippen molar-refractivity contribution in [1.82, 2.24) is 9.80 Å². The van der Waals surface area contributed by atoms with Crippen LogP contribution in [0, 0.1) is 5.82 Å². The van der Waals surface area contributed by atoms with Crippen molar-refractivity contribution in [2.45, 2.75) is 13.0 Å². The van der Waals surface area contributed by atoms with Crippen molar-refractivity contribution in [2.75, 3.05) is 33.3 Å². The monoisotopic (exact) mass is 342 g/mol. The van der Waals surface area contributed by atoms with Gasteiger partial charge in [-0.05, 0) is 35.4 Å². The Balaban J connectivity index is 1.48. The van der Waals surface area contributed by atoms with Crippen molar-refractivity contribution in [3.63, 3.8) is 0 Å². The number of hydrogen-bond acceptors (Lipinski definition) is 3. The molecule has 1 amide bonds. The number of benzene rings is 2. The minimum Gasteiger partial charge on any atom is -0.497 e. The van der Waals surface area contributed by atoms with E-state index in [0.717, 1.165) is 30.9 Å². The number of ether oxygens (including phenoxy) is 1. The van der Waals surface area contributed by atoms with E-state index in [2.05, 4.69) is 17.0 Å². The Morgan fingerprint density at radius 2 is 1.76 bits per heavy atom. The molecule has 2 aromatic rings. The quantitative estimate of drug-likeness (QED) is 0.838. The van der Waals surface area contributed by atoms with Crippen molar-refractivity contribution in [2.24, 2.45) is 0 Å². The number of methoxy groups -OCH3 is 1. The number of nitrogens with zero attached hydrogens (tertiary/aromatic N) is 2. The van der Waals surface area contributed by atoms with E-state index in [1.165, 1.54) is 17.7 Å². The highest BCUT2D eigenvalue weighted by molar-refractivity contribution is 5.78. The van der Waals surface area contributed by atoms with E-state index >= 15 is 0 Å². The predicted molar refractivity (Wildman–Crippen MR) is 95.0 cm³/mol. The Hall–Kier alpha value is -2.40. The molecule has 5 heteroatoms. The smallest absolute Gasteiger partial charge is 0.227 e. The second kappa shape index (κ2) is 8.12. The number of rotatable bonds is 5. The third-order valence-corrected chi connectivity index (χ3v) is 4.53. The topological polar surface area (TPSA) is 32.8 Å². The molecule has 0 radical (unpaired) electrons. The summed E-state index contributed by atoms with van der Waals surface area (Å²) in [5.74, 6) is 0.626. The largest absolute Gasteiger partial charge is 0.497 e. The van der Waals surface area contributed by atoms with Crippen LogP contribution in [-0.2, 0) is 17.8 Å². The summed E-state index contributed by atoms with van der Waals surface area (Å²) < 4.78 is 18.4. The lowest BCUT2D eigenvalue weighted by atomic mass is 10.1. The molecule has 1 saturated heterocycles. The standard InChI is InChI=1S/C20H23FN2O2/c1-25-19-7-5-16(6-8-19)15-22-9-11-23(12-10-22)20(24)14-17-3-2-4-18(21)13-17/h2-8,13H,9-12,14-15H2,1H3. The molecule has 0 N–H and O–H groups in total. The summed E-state index contributed by atoms with van der Waals surface area (Å²) in [5.41, 5.74) is 1.96. The zero-order valence-corrected chi connectivity index (χ0v) is 14.5. The Labute approximate surface area is 147 Å². The van der Waals surface area contributed by atoms with Crippen molar-refractivity contribution in [3.05, 3.63) is 65.5 Å². The maximum Gasteiger partial charge on any atom is 0.227 e. The van der Waals surface area contributed by atoms with Gasteiger partial charge in [-0.25, -0.2) is 4.39 Å². The summed E-state index contributed by atoms with van der Waals surface area (Å²) in [4.78, 5) is 16.6. The van der Waals surface area contributed by atoms with Gasteiger partial charge in [-0.1, -0.05) is 24.3 Å². The summed E-state index contributed by atoms with van der Waals surface area (Å²) in [6.45, 7) is 3.99. The Kier molecular flexibility index (Phi) is 5.66. The minimum absolute atomic E-state index is 0.0645. The average molecular weight is 342 g/mol. The molecule has 4 nitrogen and oxygen atoms in total. The molecular weight excluding hydrogens is 319 g/mol. The van der Waals surface area contributed by atoms with Crippen LogP contribution in [0.3, 0.4) is 0 Å². The first-order chi connectivity index (χ1) is 12.1. The van der Waals surface area contributed by atoms with Gasteiger partial charge in [0.1, 0.15) is 11.6 Å². The molecule has 2 aromatic carbocycles. The maximum absolute atomic E-state index is 13.2. The average Bonchev–Trinajstić information content (AvgIpc) is 2.63. The Morgan fingerprint density at radius 3 is 2.40 bits per heavy atom. The first-order valence-electron chi connectivity index (χ1n) is 8.51. The van der Waals surface area contributed by atoms with Crippen molar-refractivity contribution in [1.29, 1.82) is 0 Å². The molecule has 1 aliphatic rings. The number of halogens is 1. The lowest BCUT2D eigenvalue weighted by molar-refractivity contribution is -0.132. The van der Waals surface area contributed by atoms with E-state index in [9.17, 15) is 9.18 Å². The van der Waals surface area contributed by atoms with Gasteiger partial charge in [-0.2, -0.15) is 0 Å². The number of piperazine rings is 1. The summed E-state index contributed by atoms with van der Waals surface area (Å²) in [7, 11) is 1.66. The number of hydrogen-bond donors (Lipinski definition) is 0. The first kappa shape index (κ1) is 17.4. The molecule has 3 rings (SSSR count). The second-order valence-electron chi connectivity index (χ2n) is 6.31. The molecule has 0 aromatic heterocycles. The maximum atomic E-state index is 13.2. The van der Waals surface area contributed by atoms with Gasteiger partial charge in [0.05, 0.1) is 13.5 Å². The number of amides is 1. The molecule has 0 unspecified atom stereocenters. The van der Waals surface area contributed by atoms with Gasteiger partial charge in [-0.15, -0.1) is 0 Å². The highest BCUT2D eigenvalue weighted by Crippen LogP contribution is 2.15. The summed E-state index contributed by atoms with van der Waals surface area (Å²) in [6, 6.07) is 14.3. The summed E-state index contributed by atoms with van der Waals surface area (Å²) in [5, 5.41) is 0. The van der Waals surface area contributed by atoms with Crippen LogP contribution in [-0.4, -0.2) is 49.0 Å². The van der Waals surface area contributed by atoms with Gasteiger partial charge in [0.2, 0.25) is 5.91 Å². The van der Waals surface area contributed by atoms with E-state index in [0.29, 0.717) is 13.1 Å². The summed E-state index contributed by atoms with van der Waals surface area (Å²) >= 11 is 0. The predicted octanol–water partition coefficient (Wildman–Crippen LogP) is 2.72. The Morgan fingerprint density at radius 1 is 1.04 bits per heavy atom. The molecular formula is C20H23FN2O2. The zero-order chi connectivity index (χ0) is 17.6. The van der Waals surface area contributed by atoms with Gasteiger partial charge >= 0.3 is 0 Å². The van der Waals surface area contributed by atoms with Gasteiger partial charge in [-0.3, -0.25) is 9.69 Å². The number of carbonyl (C=O) groups is 1. The van der Waals surface area contributed by atoms with Crippen LogP contribution in [0.5, 0.6) is 5.75 Å². The highest BCUT2D eigenvalue weighted by atomic mass is 19.1. The third kappa shape index (κ3) is 4.79. The highest BCUT2D eigenvalue weighted by Gasteiger charge is 2.21. The van der Waals surface area contributed by atoms with Gasteiger partial charge in [0.15, 0.2) is 0 Å². The first-order valence-corrected chi connectivity index (χ1v) is 8.51. The fourth-order valence-corrected chi connectivity index (χ4v) is 3.08. The van der Waals surface area contributed by atoms with Crippen molar-refractivity contribution in [3.8, 4) is 5.75 Å². The van der Waals surface area contributed by atoms with E-state index in [1.54, 1.807) is 19.2 Å². The minimum atomic E-state index is -0.297. The van der Waals surface area contributed by atoms with Crippen LogP contribution >= 0.6 is 0 Å². The van der Waals surface area contributed by atoms with E-state index in [4.69, 9.17) is 4.74 Å². The molecule has 0 bridgehead atoms. The molecule has 0 saturated carbocycles. The third-order valence-electron chi connectivity index (χ3n) is 4.53. The van der Waals surface area contributed by atoms with Gasteiger partial charge in [0, 0.05) is 32.7 Å². The van der Waals surface area contributed by atoms with E-state index in [-0.39, 0.29) is 18.1 Å². The molecule has 132 valence electrons. The second-order valence-corrected chi connectivity index (χ2v) is 6.31. The normalized spacial score (nSPS) is 15.2. The lowest BCUT2D eigenvalue weighted by Gasteiger charge is -2.34. The molecule has 25 heavy (non-hydrogen) atoms. The molecule has 0 aliphatic carbocycles. The molecule has 1 aliphatic heterocycles. The van der Waals surface area contributed by atoms with Gasteiger partial charge < -0.3 is 9.64 Å². The fourth-order valence-electron chi connectivity index (χ4n) is 3.08. The van der Waals surface area contributed by atoms with Crippen molar-refractivity contribution >= 4 is 5.91 Å². The zero-order valence-electron chi connectivity index (χ0n) is 14.5. The fraction of sp³-hybridized carbons (Fsp3) is 0.350. The van der Waals surface area contributed by atoms with Crippen LogP contribution in [0.25, 0.3) is 0 Å². The molecule has 0 atom stereocenters. The SMILES string of the molecule is COc1ccc(CN2CCN(C(=O)Cc3cccc(F)c3)CC2)cc1. The van der Waals surface area contributed by atoms with E-state index < -0.39 is 0 Å². The van der Waals surface area contributed by atoms with Crippen molar-refractivity contribution < 1.29 is 13.9 Å². The molecule has 1 fully saturated rings. The van der Waals surface area contributed by atoms with Gasteiger partial charge in [0.25, 0.3) is 0 Å². The lowest BCUT2D eigenvalue weighted by Crippen LogP contribution is -2.48. The van der Waals surface area contributed by atoms with Crippen LogP contribution in [0.4, 0.5) is 4.39 Å².